The number of halogens is 3. The summed E-state index contributed by atoms with van der Waals surface area (Å²) in [5.41, 5.74) is 0.796. The maximum atomic E-state index is 15.0. The molecule has 2 aromatic rings. The summed E-state index contributed by atoms with van der Waals surface area (Å²) >= 11 is 5.65. The molecule has 4 unspecified atom stereocenters. The first-order valence-corrected chi connectivity index (χ1v) is 11.9. The predicted octanol–water partition coefficient (Wildman–Crippen LogP) is 8.10. The Labute approximate surface area is 193 Å². The summed E-state index contributed by atoms with van der Waals surface area (Å²) in [6.45, 7) is 3.84. The lowest BCUT2D eigenvalue weighted by Gasteiger charge is -2.42. The van der Waals surface area contributed by atoms with E-state index in [0.717, 1.165) is 43.6 Å². The lowest BCUT2D eigenvalue weighted by molar-refractivity contribution is 0.0733. The van der Waals surface area contributed by atoms with Gasteiger partial charge in [0.1, 0.15) is 17.4 Å². The van der Waals surface area contributed by atoms with Gasteiger partial charge in [0.05, 0.1) is 10.6 Å². The van der Waals surface area contributed by atoms with Gasteiger partial charge in [0.25, 0.3) is 0 Å². The average molecular weight is 459 g/mol. The quantitative estimate of drug-likeness (QED) is 0.248. The molecular formula is C27H29ClF2O2. The van der Waals surface area contributed by atoms with E-state index in [1.54, 1.807) is 12.1 Å². The monoisotopic (exact) mass is 458 g/mol. The van der Waals surface area contributed by atoms with Crippen molar-refractivity contribution in [3.63, 3.8) is 0 Å². The van der Waals surface area contributed by atoms with Crippen LogP contribution in [0.15, 0.2) is 49.1 Å². The molecule has 2 saturated carbocycles. The van der Waals surface area contributed by atoms with Gasteiger partial charge in [-0.2, -0.15) is 0 Å². The molecule has 4 atom stereocenters. The van der Waals surface area contributed by atoms with Crippen LogP contribution in [0, 0.1) is 29.4 Å². The molecule has 2 nitrogen and oxygen atoms in total. The van der Waals surface area contributed by atoms with Crippen LogP contribution in [0.5, 0.6) is 5.75 Å². The summed E-state index contributed by atoms with van der Waals surface area (Å²) in [6.07, 6.45) is 11.3. The van der Waals surface area contributed by atoms with Gasteiger partial charge in [-0.25, -0.2) is 13.6 Å². The second-order valence-corrected chi connectivity index (χ2v) is 9.68. The minimum absolute atomic E-state index is 0.0309. The number of carbonyl (C=O) groups is 1. The molecular weight excluding hydrogens is 430 g/mol. The van der Waals surface area contributed by atoms with Crippen LogP contribution in [0.1, 0.15) is 73.2 Å². The molecule has 0 heterocycles. The van der Waals surface area contributed by atoms with Gasteiger partial charge in [0.2, 0.25) is 0 Å². The molecule has 2 aliphatic carbocycles. The van der Waals surface area contributed by atoms with Crippen molar-refractivity contribution < 1.29 is 18.3 Å². The molecule has 0 spiro atoms. The zero-order chi connectivity index (χ0) is 22.7. The van der Waals surface area contributed by atoms with E-state index in [4.69, 9.17) is 16.3 Å². The van der Waals surface area contributed by atoms with Gasteiger partial charge in [-0.1, -0.05) is 30.2 Å². The van der Waals surface area contributed by atoms with Gasteiger partial charge in [-0.3, -0.25) is 0 Å². The van der Waals surface area contributed by atoms with Gasteiger partial charge in [0, 0.05) is 6.07 Å². The third-order valence-electron chi connectivity index (χ3n) is 7.28. The van der Waals surface area contributed by atoms with E-state index in [0.29, 0.717) is 11.5 Å². The van der Waals surface area contributed by atoms with Crippen LogP contribution in [0.2, 0.25) is 5.02 Å². The topological polar surface area (TPSA) is 26.3 Å². The molecule has 0 radical (unpaired) electrons. The molecule has 0 aliphatic heterocycles. The van der Waals surface area contributed by atoms with E-state index in [2.05, 4.69) is 6.58 Å². The molecule has 0 amide bonds. The number of esters is 1. The van der Waals surface area contributed by atoms with E-state index in [1.807, 2.05) is 6.08 Å². The minimum Gasteiger partial charge on any atom is -0.423 e. The molecule has 2 aromatic carbocycles. The van der Waals surface area contributed by atoms with E-state index in [9.17, 15) is 13.6 Å². The zero-order valence-corrected chi connectivity index (χ0v) is 18.9. The van der Waals surface area contributed by atoms with Crippen molar-refractivity contribution in [2.24, 2.45) is 17.8 Å². The van der Waals surface area contributed by atoms with Gasteiger partial charge < -0.3 is 4.74 Å². The number of rotatable bonds is 6. The number of allylic oxidation sites excluding steroid dienone is 1. The first kappa shape index (κ1) is 23.0. The Morgan fingerprint density at radius 3 is 2.56 bits per heavy atom. The summed E-state index contributed by atoms with van der Waals surface area (Å²) in [5.74, 6) is 0.679. The Morgan fingerprint density at radius 1 is 1.03 bits per heavy atom. The van der Waals surface area contributed by atoms with Crippen molar-refractivity contribution in [1.29, 1.82) is 0 Å². The number of hydrogen-bond acceptors (Lipinski definition) is 2. The Balaban J connectivity index is 1.39. The smallest absolute Gasteiger partial charge is 0.343 e. The summed E-state index contributed by atoms with van der Waals surface area (Å²) in [4.78, 5) is 12.4. The van der Waals surface area contributed by atoms with Gasteiger partial charge in [-0.15, -0.1) is 6.58 Å². The van der Waals surface area contributed by atoms with Crippen molar-refractivity contribution in [1.82, 2.24) is 0 Å². The van der Waals surface area contributed by atoms with Crippen LogP contribution in [-0.4, -0.2) is 5.97 Å². The van der Waals surface area contributed by atoms with Crippen LogP contribution in [0.4, 0.5) is 8.78 Å². The SMILES string of the molecule is C=CCCC1CCC2CC(c3ccc(C(=O)Oc4ccc(Cl)c(F)c4)cc3F)CCC2C1. The Bertz CT molecular complexity index is 990. The fraction of sp³-hybridized carbons (Fsp3) is 0.444. The third kappa shape index (κ3) is 5.23. The highest BCUT2D eigenvalue weighted by molar-refractivity contribution is 6.30. The number of hydrogen-bond donors (Lipinski definition) is 0. The lowest BCUT2D eigenvalue weighted by atomic mass is 9.63. The van der Waals surface area contributed by atoms with E-state index >= 15 is 0 Å². The third-order valence-corrected chi connectivity index (χ3v) is 7.58. The molecule has 2 fully saturated rings. The van der Waals surface area contributed by atoms with Crippen molar-refractivity contribution in [3.05, 3.63) is 76.8 Å². The summed E-state index contributed by atoms with van der Waals surface area (Å²) < 4.78 is 33.7. The van der Waals surface area contributed by atoms with Gasteiger partial charge >= 0.3 is 5.97 Å². The average Bonchev–Trinajstić information content (AvgIpc) is 2.79. The molecule has 32 heavy (non-hydrogen) atoms. The highest BCUT2D eigenvalue weighted by Crippen LogP contribution is 2.48. The highest BCUT2D eigenvalue weighted by atomic mass is 35.5. The van der Waals surface area contributed by atoms with Crippen LogP contribution in [0.3, 0.4) is 0 Å². The maximum Gasteiger partial charge on any atom is 0.343 e. The second kappa shape index (κ2) is 10.2. The predicted molar refractivity (Wildman–Crippen MR) is 123 cm³/mol. The number of carbonyl (C=O) groups excluding carboxylic acids is 1. The molecule has 0 bridgehead atoms. The van der Waals surface area contributed by atoms with E-state index in [-0.39, 0.29) is 28.1 Å². The number of benzene rings is 2. The first-order valence-electron chi connectivity index (χ1n) is 11.5. The second-order valence-electron chi connectivity index (χ2n) is 9.28. The highest BCUT2D eigenvalue weighted by Gasteiger charge is 2.36. The first-order chi connectivity index (χ1) is 15.4. The molecule has 0 aromatic heterocycles. The van der Waals surface area contributed by atoms with E-state index < -0.39 is 11.8 Å². The van der Waals surface area contributed by atoms with Crippen molar-refractivity contribution >= 4 is 17.6 Å². The fourth-order valence-electron chi connectivity index (χ4n) is 5.58. The summed E-state index contributed by atoms with van der Waals surface area (Å²) in [7, 11) is 0. The zero-order valence-electron chi connectivity index (χ0n) is 18.2. The van der Waals surface area contributed by atoms with Crippen LogP contribution >= 0.6 is 11.6 Å². The number of fused-ring (bicyclic) bond motifs is 1. The van der Waals surface area contributed by atoms with Crippen molar-refractivity contribution in [2.45, 2.75) is 57.3 Å². The van der Waals surface area contributed by atoms with Crippen LogP contribution in [0.25, 0.3) is 0 Å². The fourth-order valence-corrected chi connectivity index (χ4v) is 5.69. The van der Waals surface area contributed by atoms with E-state index in [1.165, 1.54) is 43.9 Å². The maximum absolute atomic E-state index is 15.0. The van der Waals surface area contributed by atoms with Gasteiger partial charge in [0.15, 0.2) is 0 Å². The molecule has 2 aliphatic rings. The Morgan fingerprint density at radius 2 is 1.81 bits per heavy atom. The Hall–Kier alpha value is -2.20. The van der Waals surface area contributed by atoms with Crippen LogP contribution in [-0.2, 0) is 0 Å². The minimum atomic E-state index is -0.723. The Kier molecular flexibility index (Phi) is 7.30. The molecule has 0 saturated heterocycles. The van der Waals surface area contributed by atoms with Crippen molar-refractivity contribution in [2.75, 3.05) is 0 Å². The molecule has 170 valence electrons. The lowest BCUT2D eigenvalue weighted by Crippen LogP contribution is -2.30. The van der Waals surface area contributed by atoms with Crippen LogP contribution < -0.4 is 4.74 Å². The largest absolute Gasteiger partial charge is 0.423 e. The molecule has 0 N–H and O–H groups in total. The molecule has 4 rings (SSSR count). The standard InChI is InChI=1S/C27H29ClF2O2/c1-2-3-4-17-5-6-19-14-20(8-7-18(19)13-17)23-11-9-21(15-25(23)29)27(31)32-22-10-12-24(28)26(30)16-22/h2,9-12,15-20H,1,3-8,13-14H2. The normalized spacial score (nSPS) is 25.1. The molecule has 5 heteroatoms. The van der Waals surface area contributed by atoms with Gasteiger partial charge in [-0.05, 0) is 98.4 Å². The summed E-state index contributed by atoms with van der Waals surface area (Å²) in [5, 5.41) is -0.0554. The number of ether oxygens (including phenoxy) is 1. The summed E-state index contributed by atoms with van der Waals surface area (Å²) in [6, 6.07) is 8.31. The van der Waals surface area contributed by atoms with Crippen molar-refractivity contribution in [3.8, 4) is 5.75 Å².